The molecule has 0 aliphatic carbocycles. The van der Waals surface area contributed by atoms with Crippen molar-refractivity contribution in [3.05, 3.63) is 53.2 Å². The summed E-state index contributed by atoms with van der Waals surface area (Å²) in [4.78, 5) is 19.4. The minimum atomic E-state index is -0.895. The highest BCUT2D eigenvalue weighted by molar-refractivity contribution is 6.03. The topological polar surface area (TPSA) is 66.4 Å². The maximum absolute atomic E-state index is 17.2. The minimum Gasteiger partial charge on any atom is -0.461 e. The van der Waals surface area contributed by atoms with Crippen LogP contribution in [0, 0.1) is 29.9 Å². The number of terminal acetylenes is 1. The lowest BCUT2D eigenvalue weighted by molar-refractivity contribution is 0.107. The van der Waals surface area contributed by atoms with E-state index in [2.05, 4.69) is 34.9 Å². The van der Waals surface area contributed by atoms with Crippen molar-refractivity contribution in [3.63, 3.8) is 0 Å². The lowest BCUT2D eigenvalue weighted by atomic mass is 9.82. The molecule has 0 unspecified atom stereocenters. The molecule has 5 aliphatic rings. The summed E-state index contributed by atoms with van der Waals surface area (Å²) in [6.07, 6.45) is 9.28. The molecule has 2 aromatic heterocycles. The highest BCUT2D eigenvalue weighted by Crippen LogP contribution is 2.48. The Morgan fingerprint density at radius 3 is 2.81 bits per heavy atom. The number of halogens is 3. The van der Waals surface area contributed by atoms with Crippen LogP contribution in [0.4, 0.5) is 19.0 Å². The predicted molar refractivity (Wildman–Crippen MR) is 175 cm³/mol. The third-order valence-electron chi connectivity index (χ3n) is 11.9. The van der Waals surface area contributed by atoms with Crippen molar-refractivity contribution in [2.45, 2.75) is 81.7 Å². The van der Waals surface area contributed by atoms with Crippen LogP contribution < -0.4 is 15.0 Å². The van der Waals surface area contributed by atoms with Gasteiger partial charge in [-0.2, -0.15) is 9.97 Å². The predicted octanol–water partition coefficient (Wildman–Crippen LogP) is 6.12. The number of aromatic nitrogens is 3. The molecule has 7 atom stereocenters. The monoisotopic (exact) mass is 638 g/mol. The minimum absolute atomic E-state index is 0.0651. The van der Waals surface area contributed by atoms with Gasteiger partial charge in [-0.05, 0) is 49.6 Å². The SMILES string of the molecule is C#Cc1c(F)ccc2cccc(-c3nc4c5c(nc(OC[C@@]67CCCN6C[C@H](F)C7)nc5c3F)N3C[C@H]5CC[C@H](N5)[C@@H]3[C@@H](C)[C@@H]4C)c12. The summed E-state index contributed by atoms with van der Waals surface area (Å²) in [5, 5.41) is 5.54. The molecule has 47 heavy (non-hydrogen) atoms. The van der Waals surface area contributed by atoms with Gasteiger partial charge in [-0.1, -0.05) is 44.0 Å². The first-order valence-electron chi connectivity index (χ1n) is 16.9. The fourth-order valence-electron chi connectivity index (χ4n) is 9.54. The van der Waals surface area contributed by atoms with Crippen molar-refractivity contribution in [3.8, 4) is 29.6 Å². The molecule has 1 N–H and O–H groups in total. The highest BCUT2D eigenvalue weighted by atomic mass is 19.1. The van der Waals surface area contributed by atoms with Gasteiger partial charge in [-0.25, -0.2) is 18.2 Å². The van der Waals surface area contributed by atoms with E-state index in [9.17, 15) is 4.39 Å². The Bertz CT molecular complexity index is 2000. The average Bonchev–Trinajstić information content (AvgIpc) is 3.72. The molecule has 0 spiro atoms. The van der Waals surface area contributed by atoms with E-state index in [1.165, 1.54) is 6.07 Å². The number of hydrogen-bond acceptors (Lipinski definition) is 7. The first-order valence-corrected chi connectivity index (χ1v) is 16.9. The number of hydrogen-bond donors (Lipinski definition) is 1. The second kappa shape index (κ2) is 10.5. The van der Waals surface area contributed by atoms with Crippen molar-refractivity contribution >= 4 is 27.5 Å². The number of rotatable bonds is 4. The van der Waals surface area contributed by atoms with Crippen LogP contribution in [0.5, 0.6) is 6.01 Å². The molecular weight excluding hydrogens is 601 g/mol. The molecule has 5 aliphatic heterocycles. The number of nitrogens with zero attached hydrogens (tertiary/aromatic N) is 5. The molecule has 4 fully saturated rings. The Labute approximate surface area is 271 Å². The van der Waals surface area contributed by atoms with Gasteiger partial charge < -0.3 is 15.0 Å². The second-order valence-electron chi connectivity index (χ2n) is 14.4. The third-order valence-corrected chi connectivity index (χ3v) is 11.9. The van der Waals surface area contributed by atoms with Gasteiger partial charge in [0, 0.05) is 54.5 Å². The lowest BCUT2D eigenvalue weighted by Gasteiger charge is -2.44. The number of benzene rings is 2. The molecule has 0 radical (unpaired) electrons. The smallest absolute Gasteiger partial charge is 0.319 e. The zero-order chi connectivity index (χ0) is 32.2. The van der Waals surface area contributed by atoms with Gasteiger partial charge in [0.05, 0.1) is 22.2 Å². The van der Waals surface area contributed by atoms with Crippen molar-refractivity contribution in [2.24, 2.45) is 5.92 Å². The summed E-state index contributed by atoms with van der Waals surface area (Å²) < 4.78 is 53.2. The van der Waals surface area contributed by atoms with Gasteiger partial charge >= 0.3 is 6.01 Å². The molecule has 2 bridgehead atoms. The quantitative estimate of drug-likeness (QED) is 0.270. The van der Waals surface area contributed by atoms with Gasteiger partial charge in [0.25, 0.3) is 0 Å². The van der Waals surface area contributed by atoms with Crippen molar-refractivity contribution < 1.29 is 17.9 Å². The molecule has 4 saturated heterocycles. The van der Waals surface area contributed by atoms with Gasteiger partial charge in [0.2, 0.25) is 0 Å². The van der Waals surface area contributed by atoms with E-state index in [-0.39, 0.29) is 53.3 Å². The van der Waals surface area contributed by atoms with Crippen molar-refractivity contribution in [1.29, 1.82) is 0 Å². The molecule has 7 heterocycles. The van der Waals surface area contributed by atoms with Crippen LogP contribution in [0.15, 0.2) is 30.3 Å². The Morgan fingerprint density at radius 1 is 1.09 bits per heavy atom. The van der Waals surface area contributed by atoms with Gasteiger partial charge in [0.1, 0.15) is 35.6 Å². The van der Waals surface area contributed by atoms with Gasteiger partial charge in [-0.15, -0.1) is 6.42 Å². The van der Waals surface area contributed by atoms with Crippen LogP contribution >= 0.6 is 0 Å². The van der Waals surface area contributed by atoms with Crippen LogP contribution in [0.2, 0.25) is 0 Å². The van der Waals surface area contributed by atoms with E-state index in [4.69, 9.17) is 26.1 Å². The third kappa shape index (κ3) is 4.25. The number of nitrogens with one attached hydrogen (secondary N) is 1. The summed E-state index contributed by atoms with van der Waals surface area (Å²) >= 11 is 0. The van der Waals surface area contributed by atoms with Crippen LogP contribution in [0.25, 0.3) is 32.9 Å². The zero-order valence-electron chi connectivity index (χ0n) is 26.6. The second-order valence-corrected chi connectivity index (χ2v) is 14.4. The maximum Gasteiger partial charge on any atom is 0.319 e. The summed E-state index contributed by atoms with van der Waals surface area (Å²) in [6, 6.07) is 9.14. The van der Waals surface area contributed by atoms with E-state index in [1.54, 1.807) is 18.2 Å². The fraction of sp³-hybridized carbons (Fsp3) is 0.486. The van der Waals surface area contributed by atoms with E-state index in [1.807, 2.05) is 6.07 Å². The molecule has 2 aromatic carbocycles. The molecule has 9 rings (SSSR count). The molecule has 4 aromatic rings. The highest BCUT2D eigenvalue weighted by Gasteiger charge is 2.50. The van der Waals surface area contributed by atoms with E-state index in [0.29, 0.717) is 52.2 Å². The van der Waals surface area contributed by atoms with Gasteiger partial charge in [-0.3, -0.25) is 4.90 Å². The molecular formula is C37H37F3N6O. The van der Waals surface area contributed by atoms with Crippen LogP contribution in [-0.4, -0.2) is 75.9 Å². The Kier molecular flexibility index (Phi) is 6.55. The molecule has 0 saturated carbocycles. The standard InChI is InChI=1S/C37H37F3N6O/c1-4-24-26(39)11-9-21-7-5-8-25(28(21)24)32-30(40)33-29-31(42-32)19(2)20(3)34-27-12-10-23(41-27)17-46(34)35(29)44-36(43-33)47-18-37-13-6-14-45(37)16-22(38)15-37/h1,5,7-9,11,19-20,22-23,27,34,41H,6,10,12-18H2,2-3H3/t19-,20-,22+,23+,27-,34-,37-/m0/s1. The van der Waals surface area contributed by atoms with Crippen molar-refractivity contribution in [2.75, 3.05) is 31.1 Å². The van der Waals surface area contributed by atoms with Crippen LogP contribution in [-0.2, 0) is 0 Å². The number of fused-ring (bicyclic) bond motifs is 7. The van der Waals surface area contributed by atoms with Crippen LogP contribution in [0.3, 0.4) is 0 Å². The maximum atomic E-state index is 17.2. The van der Waals surface area contributed by atoms with Gasteiger partial charge in [0.15, 0.2) is 5.82 Å². The average molecular weight is 639 g/mol. The van der Waals surface area contributed by atoms with Crippen molar-refractivity contribution in [1.82, 2.24) is 25.2 Å². The summed E-state index contributed by atoms with van der Waals surface area (Å²) in [5.41, 5.74) is 0.991. The number of pyridine rings is 1. The normalized spacial score (nSPS) is 31.2. The number of alkyl halides is 1. The van der Waals surface area contributed by atoms with E-state index >= 15 is 8.78 Å². The summed E-state index contributed by atoms with van der Waals surface area (Å²) in [5.74, 6) is 2.04. The first-order chi connectivity index (χ1) is 22.8. The number of anilines is 1. The zero-order valence-corrected chi connectivity index (χ0v) is 26.6. The van der Waals surface area contributed by atoms with Crippen LogP contribution in [0.1, 0.15) is 63.1 Å². The van der Waals surface area contributed by atoms with E-state index < -0.39 is 23.3 Å². The Balaban J connectivity index is 1.27. The molecule has 7 nitrogen and oxygen atoms in total. The number of ether oxygens (including phenoxy) is 1. The first kappa shape index (κ1) is 29.2. The van der Waals surface area contributed by atoms with E-state index in [0.717, 1.165) is 38.8 Å². The fourth-order valence-corrected chi connectivity index (χ4v) is 9.54. The Morgan fingerprint density at radius 2 is 1.96 bits per heavy atom. The summed E-state index contributed by atoms with van der Waals surface area (Å²) in [6.45, 7) is 6.61. The molecule has 0 amide bonds. The largest absolute Gasteiger partial charge is 0.461 e. The lowest BCUT2D eigenvalue weighted by Crippen LogP contribution is -2.60. The molecule has 10 heteroatoms. The summed E-state index contributed by atoms with van der Waals surface area (Å²) in [7, 11) is 0. The number of piperazine rings is 1. The Hall–Kier alpha value is -3.94. The molecule has 242 valence electrons.